The van der Waals surface area contributed by atoms with Crippen LogP contribution in [0.5, 0.6) is 0 Å². The molecule has 174 valence electrons. The molecule has 1 atom stereocenters. The van der Waals surface area contributed by atoms with Gasteiger partial charge in [-0.2, -0.15) is 0 Å². The number of amides is 3. The number of esters is 1. The molecule has 9 heteroatoms. The second-order valence-electron chi connectivity index (χ2n) is 8.32. The van der Waals surface area contributed by atoms with Crippen LogP contribution in [0.25, 0.3) is 0 Å². The van der Waals surface area contributed by atoms with E-state index in [4.69, 9.17) is 10.5 Å². The molecule has 2 aliphatic rings. The fourth-order valence-corrected chi connectivity index (χ4v) is 5.81. The number of nitrogens with zero attached hydrogens (tertiary/aromatic N) is 1. The third-order valence-corrected chi connectivity index (χ3v) is 7.35. The highest BCUT2D eigenvalue weighted by Gasteiger charge is 2.37. The minimum atomic E-state index is -0.634. The van der Waals surface area contributed by atoms with Crippen molar-refractivity contribution in [3.63, 3.8) is 0 Å². The van der Waals surface area contributed by atoms with Crippen LogP contribution in [0.1, 0.15) is 52.5 Å². The van der Waals surface area contributed by atoms with Gasteiger partial charge in [0.05, 0.1) is 11.5 Å². The predicted octanol–water partition coefficient (Wildman–Crippen LogP) is 2.82. The van der Waals surface area contributed by atoms with Crippen molar-refractivity contribution >= 4 is 45.7 Å². The molecule has 8 nitrogen and oxygen atoms in total. The maximum Gasteiger partial charge on any atom is 0.311 e. The third kappa shape index (κ3) is 4.78. The van der Waals surface area contributed by atoms with Crippen molar-refractivity contribution in [3.8, 4) is 0 Å². The lowest BCUT2D eigenvalue weighted by atomic mass is 9.95. The monoisotopic (exact) mass is 469 g/mol. The molecule has 0 radical (unpaired) electrons. The number of hydrogen-bond acceptors (Lipinski definition) is 6. The number of thiophene rings is 1. The van der Waals surface area contributed by atoms with Crippen molar-refractivity contribution < 1.29 is 23.9 Å². The van der Waals surface area contributed by atoms with Crippen LogP contribution >= 0.6 is 11.3 Å². The minimum Gasteiger partial charge on any atom is -0.455 e. The summed E-state index contributed by atoms with van der Waals surface area (Å²) in [6, 6.07) is 7.61. The lowest BCUT2D eigenvalue weighted by Gasteiger charge is -2.19. The molecule has 0 spiro atoms. The third-order valence-electron chi connectivity index (χ3n) is 6.14. The molecule has 4 rings (SSSR count). The Hall–Kier alpha value is -3.20. The van der Waals surface area contributed by atoms with Crippen molar-refractivity contribution in [1.29, 1.82) is 0 Å². The Kier molecular flexibility index (Phi) is 6.78. The van der Waals surface area contributed by atoms with Gasteiger partial charge in [0, 0.05) is 23.5 Å². The number of para-hydroxylation sites is 1. The van der Waals surface area contributed by atoms with Gasteiger partial charge in [-0.3, -0.25) is 19.2 Å². The van der Waals surface area contributed by atoms with Crippen LogP contribution in [0.15, 0.2) is 24.3 Å². The lowest BCUT2D eigenvalue weighted by Crippen LogP contribution is -2.29. The first-order valence-electron chi connectivity index (χ1n) is 11.2. The number of primary amides is 1. The van der Waals surface area contributed by atoms with Gasteiger partial charge >= 0.3 is 5.97 Å². The van der Waals surface area contributed by atoms with Crippen LogP contribution in [-0.2, 0) is 38.4 Å². The Morgan fingerprint density at radius 3 is 2.73 bits per heavy atom. The number of carbonyl (C=O) groups excluding carboxylic acids is 4. The minimum absolute atomic E-state index is 0.0436. The fraction of sp³-hybridized carbons (Fsp3) is 0.417. The molecule has 1 saturated heterocycles. The molecule has 0 saturated carbocycles. The number of aryl methyl sites for hydroxylation is 2. The van der Waals surface area contributed by atoms with E-state index in [1.807, 2.05) is 31.2 Å². The molecule has 33 heavy (non-hydrogen) atoms. The number of ether oxygens (including phenoxy) is 1. The van der Waals surface area contributed by atoms with E-state index in [9.17, 15) is 19.2 Å². The topological polar surface area (TPSA) is 119 Å². The highest BCUT2D eigenvalue weighted by atomic mass is 32.1. The highest BCUT2D eigenvalue weighted by molar-refractivity contribution is 7.17. The van der Waals surface area contributed by atoms with Crippen LogP contribution in [-0.4, -0.2) is 36.8 Å². The molecular formula is C24H27N3O5S. The molecule has 1 aromatic heterocycles. The molecule has 1 aromatic carbocycles. The number of nitrogens with two attached hydrogens (primary N) is 1. The number of hydrogen-bond donors (Lipinski definition) is 2. The highest BCUT2D eigenvalue weighted by Crippen LogP contribution is 2.38. The Bertz CT molecular complexity index is 1110. The van der Waals surface area contributed by atoms with E-state index < -0.39 is 30.3 Å². The Labute approximate surface area is 196 Å². The van der Waals surface area contributed by atoms with Gasteiger partial charge in [0.2, 0.25) is 5.91 Å². The molecule has 1 unspecified atom stereocenters. The molecule has 1 aliphatic carbocycles. The van der Waals surface area contributed by atoms with Crippen LogP contribution in [0.3, 0.4) is 0 Å². The largest absolute Gasteiger partial charge is 0.455 e. The van der Waals surface area contributed by atoms with Crippen LogP contribution in [0.4, 0.5) is 10.7 Å². The van der Waals surface area contributed by atoms with Gasteiger partial charge in [-0.25, -0.2) is 0 Å². The van der Waals surface area contributed by atoms with Crippen LogP contribution < -0.4 is 16.0 Å². The average Bonchev–Trinajstić information content (AvgIpc) is 3.37. The molecule has 3 N–H and O–H groups in total. The van der Waals surface area contributed by atoms with Gasteiger partial charge in [-0.15, -0.1) is 11.3 Å². The van der Waals surface area contributed by atoms with E-state index in [2.05, 4.69) is 5.32 Å². The zero-order valence-corrected chi connectivity index (χ0v) is 19.3. The molecule has 1 aliphatic heterocycles. The van der Waals surface area contributed by atoms with Crippen molar-refractivity contribution in [2.45, 2.75) is 45.4 Å². The van der Waals surface area contributed by atoms with Gasteiger partial charge in [-0.05, 0) is 49.3 Å². The van der Waals surface area contributed by atoms with E-state index in [0.29, 0.717) is 10.6 Å². The smallest absolute Gasteiger partial charge is 0.311 e. The first-order valence-corrected chi connectivity index (χ1v) is 12.0. The summed E-state index contributed by atoms with van der Waals surface area (Å²) in [4.78, 5) is 52.2. The van der Waals surface area contributed by atoms with E-state index in [1.165, 1.54) is 11.3 Å². The summed E-state index contributed by atoms with van der Waals surface area (Å²) >= 11 is 1.36. The van der Waals surface area contributed by atoms with Gasteiger partial charge in [0.1, 0.15) is 5.00 Å². The van der Waals surface area contributed by atoms with Crippen molar-refractivity contribution in [2.75, 3.05) is 23.4 Å². The lowest BCUT2D eigenvalue weighted by molar-refractivity contribution is -0.151. The maximum atomic E-state index is 12.6. The van der Waals surface area contributed by atoms with E-state index in [0.717, 1.165) is 53.8 Å². The van der Waals surface area contributed by atoms with Crippen molar-refractivity contribution in [2.24, 2.45) is 11.7 Å². The molecule has 0 bridgehead atoms. The summed E-state index contributed by atoms with van der Waals surface area (Å²) in [5.41, 5.74) is 8.67. The summed E-state index contributed by atoms with van der Waals surface area (Å²) < 4.78 is 5.21. The van der Waals surface area contributed by atoms with Crippen LogP contribution in [0.2, 0.25) is 0 Å². The molecule has 2 aromatic rings. The Morgan fingerprint density at radius 1 is 1.21 bits per heavy atom. The maximum absolute atomic E-state index is 12.6. The first-order chi connectivity index (χ1) is 15.9. The van der Waals surface area contributed by atoms with Crippen molar-refractivity contribution in [3.05, 3.63) is 45.8 Å². The standard InChI is InChI=1S/C24H27N3O5S/c1-2-14-7-3-5-9-17(14)27-12-15(11-20(27)29)24(31)32-13-19(28)26-23-21(22(25)30)16-8-4-6-10-18(16)33-23/h3,5,7,9,15H,2,4,6,8,10-13H2,1H3,(H2,25,30)(H,26,28). The van der Waals surface area contributed by atoms with Crippen LogP contribution in [0, 0.1) is 5.92 Å². The zero-order chi connectivity index (χ0) is 23.5. The number of benzene rings is 1. The number of carbonyl (C=O) groups is 4. The van der Waals surface area contributed by atoms with E-state index in [-0.39, 0.29) is 18.9 Å². The molecule has 3 amide bonds. The summed E-state index contributed by atoms with van der Waals surface area (Å²) in [6.07, 6.45) is 4.46. The average molecular weight is 470 g/mol. The van der Waals surface area contributed by atoms with Gasteiger partial charge < -0.3 is 20.7 Å². The Morgan fingerprint density at radius 2 is 1.97 bits per heavy atom. The number of rotatable bonds is 7. The second-order valence-corrected chi connectivity index (χ2v) is 9.43. The normalized spacial score (nSPS) is 17.5. The number of nitrogens with one attached hydrogen (secondary N) is 1. The fourth-order valence-electron chi connectivity index (χ4n) is 4.50. The molecule has 1 fully saturated rings. The first kappa shape index (κ1) is 23.0. The van der Waals surface area contributed by atoms with E-state index in [1.54, 1.807) is 4.90 Å². The second kappa shape index (κ2) is 9.74. The summed E-state index contributed by atoms with van der Waals surface area (Å²) in [5, 5.41) is 3.09. The van der Waals surface area contributed by atoms with Gasteiger partial charge in [0.25, 0.3) is 11.8 Å². The van der Waals surface area contributed by atoms with Gasteiger partial charge in [-0.1, -0.05) is 25.1 Å². The quantitative estimate of drug-likeness (QED) is 0.605. The number of fused-ring (bicyclic) bond motifs is 1. The molecule has 2 heterocycles. The summed E-state index contributed by atoms with van der Waals surface area (Å²) in [5.74, 6) is -2.47. The predicted molar refractivity (Wildman–Crippen MR) is 125 cm³/mol. The zero-order valence-electron chi connectivity index (χ0n) is 18.5. The van der Waals surface area contributed by atoms with Gasteiger partial charge in [0.15, 0.2) is 6.61 Å². The molecular weight excluding hydrogens is 442 g/mol. The summed E-state index contributed by atoms with van der Waals surface area (Å²) in [7, 11) is 0. The van der Waals surface area contributed by atoms with E-state index >= 15 is 0 Å². The summed E-state index contributed by atoms with van der Waals surface area (Å²) in [6.45, 7) is 1.74. The Balaban J connectivity index is 1.36. The number of anilines is 2. The van der Waals surface area contributed by atoms with Crippen molar-refractivity contribution in [1.82, 2.24) is 0 Å². The SMILES string of the molecule is CCc1ccccc1N1CC(C(=O)OCC(=O)Nc2sc3c(c2C(N)=O)CCCC3)CC1=O.